The van der Waals surface area contributed by atoms with Crippen molar-refractivity contribution in [3.8, 4) is 5.75 Å². The molecule has 2 atom stereocenters. The molecule has 2 unspecified atom stereocenters. The fourth-order valence-electron chi connectivity index (χ4n) is 2.30. The van der Waals surface area contributed by atoms with Gasteiger partial charge in [0.1, 0.15) is 5.69 Å². The van der Waals surface area contributed by atoms with E-state index in [0.29, 0.717) is 0 Å². The molecule has 96 valence electrons. The van der Waals surface area contributed by atoms with E-state index in [9.17, 15) is 0 Å². The highest BCUT2D eigenvalue weighted by atomic mass is 16.5. The molecule has 0 saturated carbocycles. The zero-order valence-electron chi connectivity index (χ0n) is 10.7. The van der Waals surface area contributed by atoms with Crippen molar-refractivity contribution in [2.75, 3.05) is 13.7 Å². The number of nitrogens with two attached hydrogens (primary N) is 1. The predicted molar refractivity (Wildman–Crippen MR) is 65.1 cm³/mol. The maximum absolute atomic E-state index is 6.29. The first-order valence-corrected chi connectivity index (χ1v) is 6.13. The fourth-order valence-corrected chi connectivity index (χ4v) is 2.30. The van der Waals surface area contributed by atoms with Crippen molar-refractivity contribution in [2.45, 2.75) is 44.9 Å². The number of hydrogen-bond acceptors (Lipinski definition) is 4. The van der Waals surface area contributed by atoms with Crippen molar-refractivity contribution in [1.29, 1.82) is 0 Å². The summed E-state index contributed by atoms with van der Waals surface area (Å²) in [5, 5.41) is 4.34. The molecule has 0 aromatic carbocycles. The van der Waals surface area contributed by atoms with E-state index in [1.165, 1.54) is 0 Å². The van der Waals surface area contributed by atoms with Gasteiger partial charge in [-0.15, -0.1) is 0 Å². The van der Waals surface area contributed by atoms with Gasteiger partial charge in [0.2, 0.25) is 0 Å². The maximum atomic E-state index is 6.29. The van der Waals surface area contributed by atoms with Crippen molar-refractivity contribution in [3.05, 3.63) is 11.9 Å². The van der Waals surface area contributed by atoms with E-state index in [1.807, 2.05) is 4.68 Å². The number of rotatable bonds is 4. The SMILES string of the molecule is COc1cnn(C(C)C)c1C(N)C1CCCO1. The summed E-state index contributed by atoms with van der Waals surface area (Å²) in [5.41, 5.74) is 7.23. The third-order valence-electron chi connectivity index (χ3n) is 3.19. The first kappa shape index (κ1) is 12.4. The molecule has 2 rings (SSSR count). The van der Waals surface area contributed by atoms with Crippen LogP contribution in [0.25, 0.3) is 0 Å². The average molecular weight is 239 g/mol. The third kappa shape index (κ3) is 2.30. The van der Waals surface area contributed by atoms with Gasteiger partial charge in [0, 0.05) is 12.6 Å². The standard InChI is InChI=1S/C12H21N3O2/c1-8(2)15-12(10(16-3)7-14-15)11(13)9-5-4-6-17-9/h7-9,11H,4-6,13H2,1-3H3. The number of methoxy groups -OCH3 is 1. The summed E-state index contributed by atoms with van der Waals surface area (Å²) in [6.07, 6.45) is 3.90. The van der Waals surface area contributed by atoms with Gasteiger partial charge in [0.05, 0.1) is 25.5 Å². The highest BCUT2D eigenvalue weighted by Gasteiger charge is 2.30. The van der Waals surface area contributed by atoms with E-state index < -0.39 is 0 Å². The zero-order valence-corrected chi connectivity index (χ0v) is 10.7. The molecule has 5 nitrogen and oxygen atoms in total. The van der Waals surface area contributed by atoms with Crippen LogP contribution in [0.4, 0.5) is 0 Å². The molecule has 2 N–H and O–H groups in total. The van der Waals surface area contributed by atoms with Crippen LogP contribution in [0.15, 0.2) is 6.20 Å². The molecule has 0 radical (unpaired) electrons. The van der Waals surface area contributed by atoms with Crippen LogP contribution in [-0.2, 0) is 4.74 Å². The smallest absolute Gasteiger partial charge is 0.161 e. The Morgan fingerprint density at radius 2 is 2.35 bits per heavy atom. The minimum Gasteiger partial charge on any atom is -0.493 e. The molecule has 1 saturated heterocycles. The Balaban J connectivity index is 2.30. The average Bonchev–Trinajstić information content (AvgIpc) is 2.96. The van der Waals surface area contributed by atoms with Crippen molar-refractivity contribution in [2.24, 2.45) is 5.73 Å². The first-order valence-electron chi connectivity index (χ1n) is 6.13. The second-order valence-corrected chi connectivity index (χ2v) is 4.71. The lowest BCUT2D eigenvalue weighted by molar-refractivity contribution is 0.0863. The van der Waals surface area contributed by atoms with Gasteiger partial charge < -0.3 is 15.2 Å². The topological polar surface area (TPSA) is 62.3 Å². The minimum absolute atomic E-state index is 0.0816. The van der Waals surface area contributed by atoms with E-state index in [1.54, 1.807) is 13.3 Å². The van der Waals surface area contributed by atoms with Crippen molar-refractivity contribution < 1.29 is 9.47 Å². The van der Waals surface area contributed by atoms with Crippen LogP contribution in [-0.4, -0.2) is 29.6 Å². The second-order valence-electron chi connectivity index (χ2n) is 4.71. The van der Waals surface area contributed by atoms with E-state index in [0.717, 1.165) is 30.9 Å². The molecular formula is C12H21N3O2. The van der Waals surface area contributed by atoms with Crippen LogP contribution in [0.2, 0.25) is 0 Å². The summed E-state index contributed by atoms with van der Waals surface area (Å²) < 4.78 is 12.9. The summed E-state index contributed by atoms with van der Waals surface area (Å²) in [7, 11) is 1.65. The normalized spacial score (nSPS) is 22.1. The second kappa shape index (κ2) is 5.06. The number of nitrogens with zero attached hydrogens (tertiary/aromatic N) is 2. The van der Waals surface area contributed by atoms with Crippen LogP contribution < -0.4 is 10.5 Å². The number of hydrogen-bond donors (Lipinski definition) is 1. The Morgan fingerprint density at radius 3 is 2.88 bits per heavy atom. The van der Waals surface area contributed by atoms with Crippen LogP contribution in [0, 0.1) is 0 Å². The lowest BCUT2D eigenvalue weighted by Gasteiger charge is -2.22. The molecule has 5 heteroatoms. The van der Waals surface area contributed by atoms with Gasteiger partial charge in [-0.05, 0) is 26.7 Å². The largest absolute Gasteiger partial charge is 0.493 e. The number of ether oxygens (including phenoxy) is 2. The molecule has 0 spiro atoms. The van der Waals surface area contributed by atoms with Crippen LogP contribution >= 0.6 is 0 Å². The zero-order chi connectivity index (χ0) is 12.4. The molecule has 1 aromatic rings. The quantitative estimate of drug-likeness (QED) is 0.867. The predicted octanol–water partition coefficient (Wildman–Crippen LogP) is 1.65. The third-order valence-corrected chi connectivity index (χ3v) is 3.19. The van der Waals surface area contributed by atoms with Gasteiger partial charge in [-0.1, -0.05) is 0 Å². The summed E-state index contributed by atoms with van der Waals surface area (Å²) in [5.74, 6) is 0.752. The maximum Gasteiger partial charge on any atom is 0.161 e. The fraction of sp³-hybridized carbons (Fsp3) is 0.750. The Hall–Kier alpha value is -1.07. The van der Waals surface area contributed by atoms with Gasteiger partial charge in [0.25, 0.3) is 0 Å². The van der Waals surface area contributed by atoms with Gasteiger partial charge in [-0.3, -0.25) is 4.68 Å². The van der Waals surface area contributed by atoms with E-state index >= 15 is 0 Å². The van der Waals surface area contributed by atoms with E-state index in [2.05, 4.69) is 18.9 Å². The lowest BCUT2D eigenvalue weighted by atomic mass is 10.0. The summed E-state index contributed by atoms with van der Waals surface area (Å²) >= 11 is 0. The molecule has 1 aliphatic rings. The van der Waals surface area contributed by atoms with Gasteiger partial charge >= 0.3 is 0 Å². The molecule has 1 fully saturated rings. The van der Waals surface area contributed by atoms with Crippen LogP contribution in [0.5, 0.6) is 5.75 Å². The Bertz CT molecular complexity index is 370. The molecule has 2 heterocycles. The molecule has 1 aliphatic heterocycles. The van der Waals surface area contributed by atoms with Crippen molar-refractivity contribution in [3.63, 3.8) is 0 Å². The molecule has 0 aliphatic carbocycles. The van der Waals surface area contributed by atoms with Gasteiger partial charge in [-0.25, -0.2) is 0 Å². The summed E-state index contributed by atoms with van der Waals surface area (Å²) in [4.78, 5) is 0. The van der Waals surface area contributed by atoms with Crippen molar-refractivity contribution in [1.82, 2.24) is 9.78 Å². The molecule has 1 aromatic heterocycles. The minimum atomic E-state index is -0.169. The lowest BCUT2D eigenvalue weighted by Crippen LogP contribution is -2.29. The van der Waals surface area contributed by atoms with E-state index in [4.69, 9.17) is 15.2 Å². The monoisotopic (exact) mass is 239 g/mol. The highest BCUT2D eigenvalue weighted by Crippen LogP contribution is 2.32. The number of aromatic nitrogens is 2. The Labute approximate surface area is 102 Å². The van der Waals surface area contributed by atoms with Gasteiger partial charge in [0.15, 0.2) is 5.75 Å². The molecule has 0 bridgehead atoms. The van der Waals surface area contributed by atoms with Crippen LogP contribution in [0.1, 0.15) is 44.5 Å². The van der Waals surface area contributed by atoms with E-state index in [-0.39, 0.29) is 18.2 Å². The Morgan fingerprint density at radius 1 is 1.59 bits per heavy atom. The van der Waals surface area contributed by atoms with Gasteiger partial charge in [-0.2, -0.15) is 5.10 Å². The molecule has 0 amide bonds. The highest BCUT2D eigenvalue weighted by molar-refractivity contribution is 5.29. The molecule has 17 heavy (non-hydrogen) atoms. The summed E-state index contributed by atoms with van der Waals surface area (Å²) in [6.45, 7) is 4.97. The van der Waals surface area contributed by atoms with Crippen molar-refractivity contribution >= 4 is 0 Å². The molecular weight excluding hydrogens is 218 g/mol. The van der Waals surface area contributed by atoms with Crippen LogP contribution in [0.3, 0.4) is 0 Å². The first-order chi connectivity index (χ1) is 8.15. The summed E-state index contributed by atoms with van der Waals surface area (Å²) in [6, 6.07) is 0.0960. The Kier molecular flexibility index (Phi) is 3.69.